The third-order valence-electron chi connectivity index (χ3n) is 3.80. The summed E-state index contributed by atoms with van der Waals surface area (Å²) in [5, 5.41) is 1.87. The third-order valence-corrected chi connectivity index (χ3v) is 7.55. The summed E-state index contributed by atoms with van der Waals surface area (Å²) in [6.07, 6.45) is 1.95. The normalized spacial score (nSPS) is 21.6. The predicted octanol–water partition coefficient (Wildman–Crippen LogP) is 2.51. The van der Waals surface area contributed by atoms with Gasteiger partial charge in [-0.3, -0.25) is 0 Å². The van der Waals surface area contributed by atoms with Crippen molar-refractivity contribution in [1.29, 1.82) is 0 Å². The summed E-state index contributed by atoms with van der Waals surface area (Å²) in [5.41, 5.74) is 0.803. The highest BCUT2D eigenvalue weighted by Crippen LogP contribution is 2.32. The van der Waals surface area contributed by atoms with Gasteiger partial charge in [0.1, 0.15) is 4.90 Å². The van der Waals surface area contributed by atoms with Crippen molar-refractivity contribution in [2.75, 3.05) is 27.2 Å². The first kappa shape index (κ1) is 16.2. The molecule has 1 atom stereocenters. The van der Waals surface area contributed by atoms with Gasteiger partial charge in [0.2, 0.25) is 10.0 Å². The summed E-state index contributed by atoms with van der Waals surface area (Å²) >= 11 is 7.31. The summed E-state index contributed by atoms with van der Waals surface area (Å²) in [4.78, 5) is 3.28. The minimum absolute atomic E-state index is 0.248. The van der Waals surface area contributed by atoms with Gasteiger partial charge in [-0.05, 0) is 44.8 Å². The molecule has 0 aliphatic carbocycles. The van der Waals surface area contributed by atoms with Crippen molar-refractivity contribution in [2.45, 2.75) is 36.6 Å². The van der Waals surface area contributed by atoms with Gasteiger partial charge in [0.05, 0.1) is 5.88 Å². The Morgan fingerprint density at radius 1 is 1.50 bits per heavy atom. The Labute approximate surface area is 130 Å². The van der Waals surface area contributed by atoms with Gasteiger partial charge in [-0.15, -0.1) is 22.9 Å². The van der Waals surface area contributed by atoms with Crippen LogP contribution in [-0.4, -0.2) is 50.8 Å². The molecule has 0 radical (unpaired) electrons. The van der Waals surface area contributed by atoms with Gasteiger partial charge >= 0.3 is 0 Å². The molecule has 0 amide bonds. The molecule has 1 fully saturated rings. The number of nitrogens with zero attached hydrogens (tertiary/aromatic N) is 2. The van der Waals surface area contributed by atoms with Crippen LogP contribution in [0.15, 0.2) is 10.3 Å². The van der Waals surface area contributed by atoms with E-state index in [1.807, 2.05) is 26.4 Å². The maximum Gasteiger partial charge on any atom is 0.244 e. The number of sulfonamides is 1. The fourth-order valence-corrected chi connectivity index (χ4v) is 6.14. The van der Waals surface area contributed by atoms with Crippen LogP contribution >= 0.6 is 22.9 Å². The molecule has 1 aromatic rings. The molecule has 1 saturated heterocycles. The van der Waals surface area contributed by atoms with E-state index in [9.17, 15) is 8.42 Å². The van der Waals surface area contributed by atoms with Crippen molar-refractivity contribution in [3.8, 4) is 0 Å². The van der Waals surface area contributed by atoms with E-state index in [1.54, 1.807) is 4.31 Å². The predicted molar refractivity (Wildman–Crippen MR) is 84.1 cm³/mol. The Bertz CT molecular complexity index is 569. The lowest BCUT2D eigenvalue weighted by Crippen LogP contribution is -2.47. The molecule has 1 unspecified atom stereocenters. The second-order valence-electron chi connectivity index (χ2n) is 5.43. The molecular formula is C13H21ClN2O2S2. The lowest BCUT2D eigenvalue weighted by Gasteiger charge is -2.35. The summed E-state index contributed by atoms with van der Waals surface area (Å²) in [6, 6.07) is 0.289. The van der Waals surface area contributed by atoms with Crippen LogP contribution in [0.25, 0.3) is 0 Å². The molecule has 4 nitrogen and oxygen atoms in total. The van der Waals surface area contributed by atoms with Crippen molar-refractivity contribution in [2.24, 2.45) is 0 Å². The topological polar surface area (TPSA) is 40.6 Å². The minimum Gasteiger partial charge on any atom is -0.305 e. The Balaban J connectivity index is 2.32. The van der Waals surface area contributed by atoms with Crippen LogP contribution in [-0.2, 0) is 15.9 Å². The lowest BCUT2D eigenvalue weighted by molar-refractivity contribution is 0.190. The van der Waals surface area contributed by atoms with E-state index in [0.29, 0.717) is 18.0 Å². The summed E-state index contributed by atoms with van der Waals surface area (Å²) in [5.74, 6) is 0.248. The molecule has 1 aliphatic heterocycles. The monoisotopic (exact) mass is 336 g/mol. The van der Waals surface area contributed by atoms with Crippen LogP contribution in [0.3, 0.4) is 0 Å². The molecule has 2 heterocycles. The molecule has 20 heavy (non-hydrogen) atoms. The molecular weight excluding hydrogens is 316 g/mol. The molecule has 7 heteroatoms. The number of piperidine rings is 1. The van der Waals surface area contributed by atoms with Crippen molar-refractivity contribution in [1.82, 2.24) is 9.21 Å². The molecule has 0 spiro atoms. The van der Waals surface area contributed by atoms with Crippen molar-refractivity contribution in [3.63, 3.8) is 0 Å². The van der Waals surface area contributed by atoms with Gasteiger partial charge in [-0.1, -0.05) is 0 Å². The highest BCUT2D eigenvalue weighted by Gasteiger charge is 2.33. The first-order valence-corrected chi connectivity index (χ1v) is 9.53. The third kappa shape index (κ3) is 3.04. The van der Waals surface area contributed by atoms with Gasteiger partial charge in [0, 0.05) is 24.0 Å². The van der Waals surface area contributed by atoms with Gasteiger partial charge in [-0.25, -0.2) is 8.42 Å². The van der Waals surface area contributed by atoms with Crippen molar-refractivity contribution >= 4 is 33.0 Å². The number of halogens is 1. The molecule has 1 aromatic heterocycles. The van der Waals surface area contributed by atoms with Gasteiger partial charge in [0.25, 0.3) is 0 Å². The van der Waals surface area contributed by atoms with E-state index in [4.69, 9.17) is 11.6 Å². The van der Waals surface area contributed by atoms with Crippen LogP contribution in [0.4, 0.5) is 0 Å². The fraction of sp³-hybridized carbons (Fsp3) is 0.692. The van der Waals surface area contributed by atoms with Crippen LogP contribution < -0.4 is 0 Å². The Hall–Kier alpha value is -0.140. The quantitative estimate of drug-likeness (QED) is 0.793. The maximum atomic E-state index is 12.9. The number of thiophene rings is 1. The Morgan fingerprint density at radius 2 is 2.20 bits per heavy atom. The number of likely N-dealkylation sites (N-methyl/N-ethyl adjacent to an activating group) is 1. The second kappa shape index (κ2) is 6.32. The zero-order valence-corrected chi connectivity index (χ0v) is 14.5. The molecule has 0 aromatic carbocycles. The molecule has 2 rings (SSSR count). The van der Waals surface area contributed by atoms with Crippen LogP contribution in [0.5, 0.6) is 0 Å². The number of rotatable bonds is 4. The molecule has 0 bridgehead atoms. The van der Waals surface area contributed by atoms with Crippen LogP contribution in [0, 0.1) is 6.92 Å². The van der Waals surface area contributed by atoms with Crippen molar-refractivity contribution < 1.29 is 8.42 Å². The van der Waals surface area contributed by atoms with E-state index < -0.39 is 10.0 Å². The van der Waals surface area contributed by atoms with E-state index in [2.05, 4.69) is 4.90 Å². The first-order valence-electron chi connectivity index (χ1n) is 6.67. The second-order valence-corrected chi connectivity index (χ2v) is 8.53. The Kier molecular flexibility index (Phi) is 5.13. The van der Waals surface area contributed by atoms with Crippen LogP contribution in [0.1, 0.15) is 23.3 Å². The van der Waals surface area contributed by atoms with Gasteiger partial charge in [-0.2, -0.15) is 4.31 Å². The van der Waals surface area contributed by atoms with E-state index in [-0.39, 0.29) is 11.9 Å². The SMILES string of the molecule is Cc1csc(CCl)c1S(=O)(=O)N1CCCC(N(C)C)C1. The lowest BCUT2D eigenvalue weighted by atomic mass is 10.1. The standard InChI is InChI=1S/C13H21ClN2O2S2/c1-10-9-19-12(7-14)13(10)20(17,18)16-6-4-5-11(8-16)15(2)3/h9,11H,4-8H2,1-3H3. The largest absolute Gasteiger partial charge is 0.305 e. The van der Waals surface area contributed by atoms with E-state index in [1.165, 1.54) is 11.3 Å². The number of hydrogen-bond donors (Lipinski definition) is 0. The molecule has 0 saturated carbocycles. The number of alkyl halides is 1. The van der Waals surface area contributed by atoms with Crippen LogP contribution in [0.2, 0.25) is 0 Å². The minimum atomic E-state index is -3.43. The average Bonchev–Trinajstić information content (AvgIpc) is 2.80. The van der Waals surface area contributed by atoms with Gasteiger partial charge in [0.15, 0.2) is 0 Å². The highest BCUT2D eigenvalue weighted by atomic mass is 35.5. The summed E-state index contributed by atoms with van der Waals surface area (Å²) in [7, 11) is 0.576. The highest BCUT2D eigenvalue weighted by molar-refractivity contribution is 7.89. The van der Waals surface area contributed by atoms with Crippen molar-refractivity contribution in [3.05, 3.63) is 15.8 Å². The fourth-order valence-electron chi connectivity index (χ4n) is 2.62. The number of aryl methyl sites for hydroxylation is 1. The van der Waals surface area contributed by atoms with Gasteiger partial charge < -0.3 is 4.90 Å². The van der Waals surface area contributed by atoms with E-state index >= 15 is 0 Å². The average molecular weight is 337 g/mol. The molecule has 114 valence electrons. The zero-order valence-electron chi connectivity index (χ0n) is 12.1. The summed E-state index contributed by atoms with van der Waals surface area (Å²) < 4.78 is 27.4. The number of hydrogen-bond acceptors (Lipinski definition) is 4. The molecule has 1 aliphatic rings. The smallest absolute Gasteiger partial charge is 0.244 e. The summed E-state index contributed by atoms with van der Waals surface area (Å²) in [6.45, 7) is 3.00. The maximum absolute atomic E-state index is 12.9. The van der Waals surface area contributed by atoms with E-state index in [0.717, 1.165) is 23.3 Å². The molecule has 0 N–H and O–H groups in total. The first-order chi connectivity index (χ1) is 9.37. The zero-order chi connectivity index (χ0) is 14.9. The Morgan fingerprint density at radius 3 is 2.80 bits per heavy atom.